The zero-order valence-corrected chi connectivity index (χ0v) is 18.5. The van der Waals surface area contributed by atoms with Gasteiger partial charge >= 0.3 is 0 Å². The molecule has 0 bridgehead atoms. The van der Waals surface area contributed by atoms with Crippen molar-refractivity contribution in [2.24, 2.45) is 0 Å². The lowest BCUT2D eigenvalue weighted by molar-refractivity contribution is 0.0977. The monoisotopic (exact) mass is 412 g/mol. The van der Waals surface area contributed by atoms with Gasteiger partial charge in [0.15, 0.2) is 5.11 Å². The molecular weight excluding hydrogens is 380 g/mol. The molecule has 29 heavy (non-hydrogen) atoms. The zero-order chi connectivity index (χ0) is 21.1. The third-order valence-corrected chi connectivity index (χ3v) is 4.88. The van der Waals surface area contributed by atoms with Crippen LogP contribution in [0.5, 0.6) is 5.75 Å². The summed E-state index contributed by atoms with van der Waals surface area (Å²) in [6.07, 6.45) is 6.04. The largest absolute Gasteiger partial charge is 0.494 e. The van der Waals surface area contributed by atoms with Gasteiger partial charge in [-0.2, -0.15) is 0 Å². The third kappa shape index (κ3) is 8.24. The van der Waals surface area contributed by atoms with Gasteiger partial charge in [-0.3, -0.25) is 10.1 Å². The van der Waals surface area contributed by atoms with Crippen LogP contribution in [0.4, 0.5) is 5.69 Å². The molecule has 0 aromatic heterocycles. The molecule has 0 saturated heterocycles. The molecule has 0 atom stereocenters. The van der Waals surface area contributed by atoms with Crippen molar-refractivity contribution in [3.05, 3.63) is 59.7 Å². The minimum atomic E-state index is -0.225. The molecule has 0 heterocycles. The first-order valence-electron chi connectivity index (χ1n) is 10.4. The molecule has 1 amide bonds. The Balaban J connectivity index is 1.81. The molecule has 2 aromatic carbocycles. The number of hydrogen-bond donors (Lipinski definition) is 2. The maximum absolute atomic E-state index is 12.4. The fraction of sp³-hybridized carbons (Fsp3) is 0.417. The molecule has 2 aromatic rings. The maximum atomic E-state index is 12.4. The molecule has 4 nitrogen and oxygen atoms in total. The predicted molar refractivity (Wildman–Crippen MR) is 125 cm³/mol. The molecule has 0 fully saturated rings. The first-order chi connectivity index (χ1) is 14.0. The standard InChI is InChI=1S/C24H32N2O2S/c1-4-5-6-7-8-16-28-22-11-9-10-21(17-22)25-24(29)26-23(27)20-14-12-19(13-15-20)18(2)3/h9-15,17-18H,4-8,16H2,1-3H3,(H2,25,26,27,29). The van der Waals surface area contributed by atoms with E-state index in [-0.39, 0.29) is 11.0 Å². The van der Waals surface area contributed by atoms with Crippen molar-refractivity contribution in [2.45, 2.75) is 58.8 Å². The fourth-order valence-electron chi connectivity index (χ4n) is 2.92. The number of nitrogens with one attached hydrogen (secondary N) is 2. The molecule has 2 N–H and O–H groups in total. The molecule has 0 radical (unpaired) electrons. The number of carbonyl (C=O) groups is 1. The Morgan fingerprint density at radius 1 is 1.03 bits per heavy atom. The molecule has 156 valence electrons. The number of benzene rings is 2. The average molecular weight is 413 g/mol. The fourth-order valence-corrected chi connectivity index (χ4v) is 3.13. The van der Waals surface area contributed by atoms with E-state index < -0.39 is 0 Å². The summed E-state index contributed by atoms with van der Waals surface area (Å²) in [6.45, 7) is 7.17. The van der Waals surface area contributed by atoms with Crippen LogP contribution in [-0.2, 0) is 0 Å². The van der Waals surface area contributed by atoms with E-state index in [1.807, 2.05) is 48.5 Å². The Kier molecular flexibility index (Phi) is 9.65. The van der Waals surface area contributed by atoms with E-state index in [4.69, 9.17) is 17.0 Å². The molecule has 0 saturated carbocycles. The highest BCUT2D eigenvalue weighted by molar-refractivity contribution is 7.80. The van der Waals surface area contributed by atoms with Crippen LogP contribution in [-0.4, -0.2) is 17.6 Å². The SMILES string of the molecule is CCCCCCCOc1cccc(NC(=S)NC(=O)c2ccc(C(C)C)cc2)c1. The van der Waals surface area contributed by atoms with Gasteiger partial charge in [0, 0.05) is 17.3 Å². The smallest absolute Gasteiger partial charge is 0.257 e. The summed E-state index contributed by atoms with van der Waals surface area (Å²) >= 11 is 5.29. The van der Waals surface area contributed by atoms with Gasteiger partial charge in [-0.1, -0.05) is 64.7 Å². The maximum Gasteiger partial charge on any atom is 0.257 e. The van der Waals surface area contributed by atoms with Crippen molar-refractivity contribution in [3.8, 4) is 5.75 Å². The first-order valence-corrected chi connectivity index (χ1v) is 10.9. The van der Waals surface area contributed by atoms with Crippen molar-refractivity contribution in [1.82, 2.24) is 5.32 Å². The number of hydrogen-bond acceptors (Lipinski definition) is 3. The number of carbonyl (C=O) groups excluding carboxylic acids is 1. The second-order valence-electron chi connectivity index (χ2n) is 7.48. The summed E-state index contributed by atoms with van der Waals surface area (Å²) in [4.78, 5) is 12.4. The molecule has 0 aliphatic heterocycles. The lowest BCUT2D eigenvalue weighted by Crippen LogP contribution is -2.34. The lowest BCUT2D eigenvalue weighted by Gasteiger charge is -2.12. The molecule has 2 rings (SSSR count). The minimum absolute atomic E-state index is 0.225. The minimum Gasteiger partial charge on any atom is -0.494 e. The second-order valence-corrected chi connectivity index (χ2v) is 7.88. The number of anilines is 1. The van der Waals surface area contributed by atoms with E-state index in [0.717, 1.165) is 17.9 Å². The van der Waals surface area contributed by atoms with Crippen LogP contribution in [0.3, 0.4) is 0 Å². The molecule has 0 aliphatic rings. The van der Waals surface area contributed by atoms with Gasteiger partial charge in [0.1, 0.15) is 5.75 Å². The summed E-state index contributed by atoms with van der Waals surface area (Å²) in [5, 5.41) is 6.04. The van der Waals surface area contributed by atoms with Gasteiger partial charge in [0.05, 0.1) is 6.61 Å². The Hall–Kier alpha value is -2.40. The van der Waals surface area contributed by atoms with Crippen LogP contribution in [0.2, 0.25) is 0 Å². The van der Waals surface area contributed by atoms with Gasteiger partial charge < -0.3 is 10.1 Å². The van der Waals surface area contributed by atoms with Crippen LogP contribution in [0.25, 0.3) is 0 Å². The van der Waals surface area contributed by atoms with Crippen LogP contribution in [0.15, 0.2) is 48.5 Å². The average Bonchev–Trinajstić information content (AvgIpc) is 2.71. The van der Waals surface area contributed by atoms with Gasteiger partial charge in [0.25, 0.3) is 5.91 Å². The van der Waals surface area contributed by atoms with E-state index in [1.165, 1.54) is 31.2 Å². The highest BCUT2D eigenvalue weighted by atomic mass is 32.1. The Labute approximate surface area is 180 Å². The van der Waals surface area contributed by atoms with Crippen molar-refractivity contribution < 1.29 is 9.53 Å². The van der Waals surface area contributed by atoms with Crippen molar-refractivity contribution in [3.63, 3.8) is 0 Å². The summed E-state index contributed by atoms with van der Waals surface area (Å²) in [5.41, 5.74) is 2.57. The quantitative estimate of drug-likeness (QED) is 0.356. The highest BCUT2D eigenvalue weighted by Crippen LogP contribution is 2.18. The van der Waals surface area contributed by atoms with Gasteiger partial charge in [-0.25, -0.2) is 0 Å². The van der Waals surface area contributed by atoms with Gasteiger partial charge in [-0.05, 0) is 54.4 Å². The van der Waals surface area contributed by atoms with Gasteiger partial charge in [-0.15, -0.1) is 0 Å². The number of amides is 1. The van der Waals surface area contributed by atoms with Crippen LogP contribution in [0, 0.1) is 0 Å². The Morgan fingerprint density at radius 2 is 1.76 bits per heavy atom. The van der Waals surface area contributed by atoms with Crippen LogP contribution in [0.1, 0.15) is 74.7 Å². The van der Waals surface area contributed by atoms with Crippen molar-refractivity contribution in [2.75, 3.05) is 11.9 Å². The number of unbranched alkanes of at least 4 members (excludes halogenated alkanes) is 4. The molecule has 0 aliphatic carbocycles. The topological polar surface area (TPSA) is 50.4 Å². The van der Waals surface area contributed by atoms with E-state index in [1.54, 1.807) is 0 Å². The van der Waals surface area contributed by atoms with E-state index in [2.05, 4.69) is 31.4 Å². The zero-order valence-electron chi connectivity index (χ0n) is 17.7. The summed E-state index contributed by atoms with van der Waals surface area (Å²) < 4.78 is 5.82. The highest BCUT2D eigenvalue weighted by Gasteiger charge is 2.09. The van der Waals surface area contributed by atoms with Crippen LogP contribution < -0.4 is 15.4 Å². The predicted octanol–water partition coefficient (Wildman–Crippen LogP) is 6.29. The van der Waals surface area contributed by atoms with E-state index in [0.29, 0.717) is 18.1 Å². The summed E-state index contributed by atoms with van der Waals surface area (Å²) in [7, 11) is 0. The van der Waals surface area contributed by atoms with Crippen molar-refractivity contribution in [1.29, 1.82) is 0 Å². The molecule has 0 unspecified atom stereocenters. The van der Waals surface area contributed by atoms with E-state index >= 15 is 0 Å². The summed E-state index contributed by atoms with van der Waals surface area (Å²) in [6, 6.07) is 15.2. The number of thiocarbonyl (C=S) groups is 1. The Morgan fingerprint density at radius 3 is 2.45 bits per heavy atom. The number of ether oxygens (including phenoxy) is 1. The van der Waals surface area contributed by atoms with E-state index in [9.17, 15) is 4.79 Å². The second kappa shape index (κ2) is 12.2. The van der Waals surface area contributed by atoms with Gasteiger partial charge in [0.2, 0.25) is 0 Å². The first kappa shape index (κ1) is 22.9. The summed E-state index contributed by atoms with van der Waals surface area (Å²) in [5.74, 6) is 1.00. The third-order valence-electron chi connectivity index (χ3n) is 4.68. The lowest BCUT2D eigenvalue weighted by atomic mass is 10.0. The van der Waals surface area contributed by atoms with Crippen LogP contribution >= 0.6 is 12.2 Å². The molecular formula is C24H32N2O2S. The normalized spacial score (nSPS) is 10.6. The Bertz CT molecular complexity index is 788. The molecule has 5 heteroatoms. The van der Waals surface area contributed by atoms with Crippen molar-refractivity contribution >= 4 is 28.9 Å². The number of rotatable bonds is 10. The molecule has 0 spiro atoms.